The Morgan fingerprint density at radius 1 is 1.36 bits per heavy atom. The minimum Gasteiger partial charge on any atom is -0.365 e. The molecule has 6 nitrogen and oxygen atoms in total. The molecule has 0 aliphatic carbocycles. The number of H-pyrrole nitrogens is 1. The number of likely N-dealkylation sites (tertiary alicyclic amines) is 1. The Hall–Kier alpha value is -2.21. The number of aromatic amines is 1. The second-order valence-corrected chi connectivity index (χ2v) is 7.17. The first-order valence-electron chi connectivity index (χ1n) is 8.97. The fraction of sp³-hybridized carbons (Fsp3) is 0.526. The minimum absolute atomic E-state index is 0.0497. The summed E-state index contributed by atoms with van der Waals surface area (Å²) in [5.41, 5.74) is 2.28. The molecule has 4 rings (SSSR count). The Bertz CT molecular complexity index is 772. The average Bonchev–Trinajstić information content (AvgIpc) is 3.22. The van der Waals surface area contributed by atoms with Crippen molar-refractivity contribution in [3.05, 3.63) is 47.0 Å². The number of aryl methyl sites for hydroxylation is 2. The van der Waals surface area contributed by atoms with Crippen molar-refractivity contribution in [1.29, 1.82) is 0 Å². The number of hydrogen-bond acceptors (Lipinski definition) is 4. The molecule has 2 aromatic rings. The van der Waals surface area contributed by atoms with Crippen LogP contribution >= 0.6 is 0 Å². The molecule has 6 heteroatoms. The van der Waals surface area contributed by atoms with Gasteiger partial charge < -0.3 is 9.64 Å². The van der Waals surface area contributed by atoms with Gasteiger partial charge in [0.05, 0.1) is 12.5 Å². The molecule has 0 unspecified atom stereocenters. The summed E-state index contributed by atoms with van der Waals surface area (Å²) in [6.07, 6.45) is 2.45. The van der Waals surface area contributed by atoms with E-state index in [1.807, 2.05) is 30.0 Å². The summed E-state index contributed by atoms with van der Waals surface area (Å²) < 4.78 is 6.18. The molecule has 2 aliphatic heterocycles. The van der Waals surface area contributed by atoms with Crippen LogP contribution in [0.25, 0.3) is 0 Å². The summed E-state index contributed by atoms with van der Waals surface area (Å²) in [7, 11) is 0. The number of hydrogen-bond donors (Lipinski definition) is 1. The maximum absolute atomic E-state index is 12.7. The van der Waals surface area contributed by atoms with Crippen LogP contribution in [-0.2, 0) is 16.0 Å². The van der Waals surface area contributed by atoms with Crippen LogP contribution < -0.4 is 0 Å². The molecule has 1 N–H and O–H groups in total. The molecule has 25 heavy (non-hydrogen) atoms. The smallest absolute Gasteiger partial charge is 0.227 e. The van der Waals surface area contributed by atoms with Crippen molar-refractivity contribution in [2.24, 2.45) is 5.92 Å². The number of rotatable bonds is 3. The molecule has 2 aliphatic rings. The monoisotopic (exact) mass is 340 g/mol. The lowest BCUT2D eigenvalue weighted by Gasteiger charge is -2.34. The van der Waals surface area contributed by atoms with Gasteiger partial charge in [-0.1, -0.05) is 24.3 Å². The minimum atomic E-state index is -0.0497. The summed E-state index contributed by atoms with van der Waals surface area (Å²) >= 11 is 0. The SMILES string of the molecule is Cc1nc([C@@H]2C[C@H]3CCN(C(=O)Cc4ccccc4C)C[C@@H]3O2)n[nH]1. The van der Waals surface area contributed by atoms with Crippen LogP contribution in [0.5, 0.6) is 0 Å². The Balaban J connectivity index is 1.39. The number of benzene rings is 1. The van der Waals surface area contributed by atoms with Gasteiger partial charge in [0.2, 0.25) is 5.91 Å². The summed E-state index contributed by atoms with van der Waals surface area (Å²) in [5.74, 6) is 2.23. The van der Waals surface area contributed by atoms with Crippen LogP contribution in [-0.4, -0.2) is 45.2 Å². The molecule has 2 fully saturated rings. The number of ether oxygens (including phenoxy) is 1. The van der Waals surface area contributed by atoms with E-state index < -0.39 is 0 Å². The van der Waals surface area contributed by atoms with Crippen molar-refractivity contribution >= 4 is 5.91 Å². The maximum atomic E-state index is 12.7. The predicted molar refractivity (Wildman–Crippen MR) is 92.9 cm³/mol. The average molecular weight is 340 g/mol. The summed E-state index contributed by atoms with van der Waals surface area (Å²) in [4.78, 5) is 19.1. The largest absolute Gasteiger partial charge is 0.365 e. The molecule has 0 spiro atoms. The van der Waals surface area contributed by atoms with E-state index in [4.69, 9.17) is 4.74 Å². The number of fused-ring (bicyclic) bond motifs is 1. The number of carbonyl (C=O) groups is 1. The lowest BCUT2D eigenvalue weighted by atomic mass is 9.91. The third-order valence-electron chi connectivity index (χ3n) is 5.41. The van der Waals surface area contributed by atoms with E-state index in [-0.39, 0.29) is 18.1 Å². The van der Waals surface area contributed by atoms with Crippen molar-refractivity contribution in [1.82, 2.24) is 20.1 Å². The third-order valence-corrected chi connectivity index (χ3v) is 5.41. The van der Waals surface area contributed by atoms with Crippen molar-refractivity contribution in [2.75, 3.05) is 13.1 Å². The Kier molecular flexibility index (Phi) is 4.29. The van der Waals surface area contributed by atoms with Gasteiger partial charge in [0, 0.05) is 13.1 Å². The summed E-state index contributed by atoms with van der Waals surface area (Å²) in [6, 6.07) is 8.09. The normalized spacial score (nSPS) is 25.8. The zero-order valence-electron chi connectivity index (χ0n) is 14.7. The second kappa shape index (κ2) is 6.59. The van der Waals surface area contributed by atoms with Crippen molar-refractivity contribution in [3.63, 3.8) is 0 Å². The number of amides is 1. The third kappa shape index (κ3) is 3.31. The first kappa shape index (κ1) is 16.3. The lowest BCUT2D eigenvalue weighted by molar-refractivity contribution is -0.135. The molecule has 1 aromatic carbocycles. The van der Waals surface area contributed by atoms with Crippen LogP contribution in [0.2, 0.25) is 0 Å². The molecule has 0 radical (unpaired) electrons. The van der Waals surface area contributed by atoms with E-state index in [2.05, 4.69) is 28.2 Å². The molecule has 1 aromatic heterocycles. The summed E-state index contributed by atoms with van der Waals surface area (Å²) in [6.45, 7) is 5.44. The number of nitrogens with one attached hydrogen (secondary N) is 1. The molecule has 1 amide bonds. The van der Waals surface area contributed by atoms with E-state index in [0.29, 0.717) is 18.9 Å². The van der Waals surface area contributed by atoms with Crippen LogP contribution in [0, 0.1) is 19.8 Å². The molecule has 3 heterocycles. The molecule has 132 valence electrons. The fourth-order valence-corrected chi connectivity index (χ4v) is 3.91. The quantitative estimate of drug-likeness (QED) is 0.931. The van der Waals surface area contributed by atoms with Gasteiger partial charge in [0.1, 0.15) is 11.9 Å². The predicted octanol–water partition coefficient (Wildman–Crippen LogP) is 2.34. The van der Waals surface area contributed by atoms with Crippen molar-refractivity contribution in [3.8, 4) is 0 Å². The van der Waals surface area contributed by atoms with Crippen molar-refractivity contribution < 1.29 is 9.53 Å². The molecule has 0 saturated carbocycles. The highest BCUT2D eigenvalue weighted by molar-refractivity contribution is 5.79. The van der Waals surface area contributed by atoms with E-state index in [1.165, 1.54) is 5.56 Å². The van der Waals surface area contributed by atoms with Gasteiger partial charge in [-0.3, -0.25) is 9.89 Å². The van der Waals surface area contributed by atoms with Crippen LogP contribution in [0.15, 0.2) is 24.3 Å². The number of piperidine rings is 1. The van der Waals surface area contributed by atoms with Crippen LogP contribution in [0.4, 0.5) is 0 Å². The van der Waals surface area contributed by atoms with Crippen LogP contribution in [0.3, 0.4) is 0 Å². The van der Waals surface area contributed by atoms with Gasteiger partial charge in [-0.2, -0.15) is 5.10 Å². The van der Waals surface area contributed by atoms with Crippen molar-refractivity contribution in [2.45, 2.75) is 45.3 Å². The van der Waals surface area contributed by atoms with Gasteiger partial charge >= 0.3 is 0 Å². The number of nitrogens with zero attached hydrogens (tertiary/aromatic N) is 3. The second-order valence-electron chi connectivity index (χ2n) is 7.17. The zero-order valence-corrected chi connectivity index (χ0v) is 14.7. The summed E-state index contributed by atoms with van der Waals surface area (Å²) in [5, 5.41) is 7.11. The van der Waals surface area contributed by atoms with Crippen LogP contribution in [0.1, 0.15) is 41.7 Å². The van der Waals surface area contributed by atoms with Gasteiger partial charge in [-0.05, 0) is 43.7 Å². The fourth-order valence-electron chi connectivity index (χ4n) is 3.91. The highest BCUT2D eigenvalue weighted by Gasteiger charge is 2.41. The first-order chi connectivity index (χ1) is 12.1. The Labute approximate surface area is 147 Å². The van der Waals surface area contributed by atoms with E-state index >= 15 is 0 Å². The first-order valence-corrected chi connectivity index (χ1v) is 8.97. The maximum Gasteiger partial charge on any atom is 0.227 e. The van der Waals surface area contributed by atoms with E-state index in [1.54, 1.807) is 0 Å². The van der Waals surface area contributed by atoms with Gasteiger partial charge in [0.15, 0.2) is 5.82 Å². The highest BCUT2D eigenvalue weighted by atomic mass is 16.5. The van der Waals surface area contributed by atoms with Gasteiger partial charge in [-0.25, -0.2) is 4.98 Å². The highest BCUT2D eigenvalue weighted by Crippen LogP contribution is 2.39. The molecule has 2 saturated heterocycles. The molecule has 3 atom stereocenters. The number of aromatic nitrogens is 3. The van der Waals surface area contributed by atoms with E-state index in [9.17, 15) is 4.79 Å². The molecular formula is C19H24N4O2. The van der Waals surface area contributed by atoms with Gasteiger partial charge in [-0.15, -0.1) is 0 Å². The molecule has 0 bridgehead atoms. The Morgan fingerprint density at radius 3 is 2.96 bits per heavy atom. The Morgan fingerprint density at radius 2 is 2.20 bits per heavy atom. The number of carbonyl (C=O) groups excluding carboxylic acids is 1. The lowest BCUT2D eigenvalue weighted by Crippen LogP contribution is -2.45. The van der Waals surface area contributed by atoms with E-state index in [0.717, 1.165) is 36.6 Å². The zero-order chi connectivity index (χ0) is 17.4. The standard InChI is InChI=1S/C19H24N4O2/c1-12-5-3-4-6-14(12)10-18(24)23-8-7-15-9-16(25-17(15)11-23)19-20-13(2)21-22-19/h3-6,15-17H,7-11H2,1-2H3,(H,20,21,22)/t15-,16+,17+/m1/s1. The topological polar surface area (TPSA) is 71.1 Å². The molecular weight excluding hydrogens is 316 g/mol. The van der Waals surface area contributed by atoms with Gasteiger partial charge in [0.25, 0.3) is 0 Å².